The van der Waals surface area contributed by atoms with E-state index in [-0.39, 0.29) is 20.1 Å². The van der Waals surface area contributed by atoms with Crippen LogP contribution in [-0.2, 0) is 20.1 Å². The van der Waals surface area contributed by atoms with Gasteiger partial charge in [0.05, 0.1) is 31.7 Å². The minimum Gasteiger partial charge on any atom is -0.255 e. The molecule has 46 heavy (non-hydrogen) atoms. The third kappa shape index (κ3) is 7.05. The molecule has 3 nitrogen and oxygen atoms in total. The molecule has 7 heteroatoms. The Morgan fingerprint density at radius 2 is 0.630 bits per heavy atom. The Morgan fingerprint density at radius 1 is 0.326 bits per heavy atom. The van der Waals surface area contributed by atoms with Crippen LogP contribution >= 0.6 is 34.0 Å². The number of aromatic nitrogens is 3. The Kier molecular flexibility index (Phi) is 10.5. The first-order chi connectivity index (χ1) is 22.3. The van der Waals surface area contributed by atoms with Gasteiger partial charge in [-0.3, -0.25) is 15.0 Å². The maximum atomic E-state index is 4.46. The van der Waals surface area contributed by atoms with Gasteiger partial charge in [-0.2, -0.15) is 0 Å². The fraction of sp³-hybridized carbons (Fsp3) is 0. The third-order valence-corrected chi connectivity index (χ3v) is 9.91. The molecule has 0 atom stereocenters. The van der Waals surface area contributed by atoms with Crippen LogP contribution in [0.3, 0.4) is 0 Å². The molecule has 0 N–H and O–H groups in total. The second-order valence-corrected chi connectivity index (χ2v) is 12.9. The number of pyridine rings is 3. The van der Waals surface area contributed by atoms with Crippen LogP contribution in [0.15, 0.2) is 162 Å². The van der Waals surface area contributed by atoms with Crippen LogP contribution in [0.4, 0.5) is 0 Å². The molecule has 9 rings (SSSR count). The monoisotopic (exact) mass is 826 g/mol. The van der Waals surface area contributed by atoms with Crippen LogP contribution in [0.5, 0.6) is 0 Å². The molecule has 0 amide bonds. The van der Waals surface area contributed by atoms with Crippen molar-refractivity contribution in [2.24, 2.45) is 0 Å². The van der Waals surface area contributed by atoms with Gasteiger partial charge in [-0.15, -0.1) is 34.0 Å². The number of thiophene rings is 3. The van der Waals surface area contributed by atoms with Crippen LogP contribution in [-0.4, -0.2) is 15.0 Å². The molecule has 9 aromatic rings. The average Bonchev–Trinajstić information content (AvgIpc) is 3.93. The Hall–Kier alpha value is -4.36. The molecule has 0 spiro atoms. The zero-order valence-corrected chi connectivity index (χ0v) is 29.3. The summed E-state index contributed by atoms with van der Waals surface area (Å²) >= 11 is 5.19. The molecule has 0 saturated heterocycles. The number of fused-ring (bicyclic) bond motifs is 3. The van der Waals surface area contributed by atoms with Gasteiger partial charge in [-0.05, 0) is 68.7 Å². The minimum absolute atomic E-state index is 0. The second kappa shape index (κ2) is 15.3. The Labute approximate surface area is 293 Å². The van der Waals surface area contributed by atoms with Gasteiger partial charge >= 0.3 is 0 Å². The predicted octanol–water partition coefficient (Wildman–Crippen LogP) is 11.9. The maximum Gasteiger partial charge on any atom is 0.0879 e. The normalized spacial score (nSPS) is 10.4. The molecule has 0 saturated carbocycles. The second-order valence-electron chi connectivity index (χ2n) is 10.1. The summed E-state index contributed by atoms with van der Waals surface area (Å²) in [5.74, 6) is 0. The topological polar surface area (TPSA) is 38.7 Å². The molecule has 1 radical (unpaired) electrons. The van der Waals surface area contributed by atoms with E-state index in [0.29, 0.717) is 0 Å². The van der Waals surface area contributed by atoms with Gasteiger partial charge in [0.2, 0.25) is 0 Å². The van der Waals surface area contributed by atoms with E-state index in [0.717, 1.165) is 17.1 Å². The molecule has 0 aliphatic rings. The molecular weight excluding hydrogens is 799 g/mol. The van der Waals surface area contributed by atoms with Gasteiger partial charge in [0.1, 0.15) is 0 Å². The Bertz CT molecular complexity index is 2000. The predicted molar refractivity (Wildman–Crippen MR) is 195 cm³/mol. The smallest absolute Gasteiger partial charge is 0.0879 e. The summed E-state index contributed by atoms with van der Waals surface area (Å²) in [6.07, 6.45) is 5.62. The van der Waals surface area contributed by atoms with Crippen molar-refractivity contribution in [2.75, 3.05) is 0 Å². The van der Waals surface area contributed by atoms with Crippen LogP contribution in [0.2, 0.25) is 0 Å². The summed E-state index contributed by atoms with van der Waals surface area (Å²) in [6.45, 7) is 0. The summed E-state index contributed by atoms with van der Waals surface area (Å²) in [5.41, 5.74) is 3.26. The zero-order valence-electron chi connectivity index (χ0n) is 24.5. The number of hydrogen-bond acceptors (Lipinski definition) is 6. The first-order valence-corrected chi connectivity index (χ1v) is 17.1. The van der Waals surface area contributed by atoms with Crippen LogP contribution in [0, 0.1) is 0 Å². The molecule has 0 unspecified atom stereocenters. The Morgan fingerprint density at radius 3 is 0.913 bits per heavy atom. The van der Waals surface area contributed by atoms with Crippen molar-refractivity contribution in [3.8, 4) is 31.7 Å². The van der Waals surface area contributed by atoms with Gasteiger partial charge in [0.15, 0.2) is 0 Å². The SMILES string of the molecule is [Ir].c1csc(-c2nccc3ccccc23)c1.c1csc(-c2nccc3ccccc23)c1.c1csc(-c2nccc3ccccc23)c1. The fourth-order valence-corrected chi connectivity index (χ4v) is 7.39. The third-order valence-electron chi connectivity index (χ3n) is 7.28. The van der Waals surface area contributed by atoms with Crippen molar-refractivity contribution in [3.05, 3.63) is 162 Å². The van der Waals surface area contributed by atoms with Crippen molar-refractivity contribution in [3.63, 3.8) is 0 Å². The van der Waals surface area contributed by atoms with Crippen molar-refractivity contribution < 1.29 is 20.1 Å². The molecule has 0 aliphatic carbocycles. The van der Waals surface area contributed by atoms with Gasteiger partial charge in [0, 0.05) is 54.9 Å². The van der Waals surface area contributed by atoms with E-state index >= 15 is 0 Å². The standard InChI is InChI=1S/3C13H9NS.Ir/c3*1-2-5-11-10(4-1)7-8-14-13(11)12-6-3-9-15-12;/h3*1-9H;. The van der Waals surface area contributed by atoms with Gasteiger partial charge in [-0.25, -0.2) is 0 Å². The summed E-state index contributed by atoms with van der Waals surface area (Å²) < 4.78 is 0. The van der Waals surface area contributed by atoms with E-state index in [2.05, 4.69) is 140 Å². The van der Waals surface area contributed by atoms with E-state index in [1.165, 1.54) is 46.9 Å². The Balaban J connectivity index is 0.000000120. The van der Waals surface area contributed by atoms with Crippen molar-refractivity contribution in [2.45, 2.75) is 0 Å². The van der Waals surface area contributed by atoms with Gasteiger partial charge < -0.3 is 0 Å². The van der Waals surface area contributed by atoms with Crippen LogP contribution in [0.1, 0.15) is 0 Å². The molecule has 6 heterocycles. The summed E-state index contributed by atoms with van der Waals surface area (Å²) in [6, 6.07) is 43.7. The van der Waals surface area contributed by atoms with E-state index in [9.17, 15) is 0 Å². The van der Waals surface area contributed by atoms with Crippen molar-refractivity contribution >= 4 is 66.3 Å². The fourth-order valence-electron chi connectivity index (χ4n) is 5.19. The number of nitrogens with zero attached hydrogens (tertiary/aromatic N) is 3. The van der Waals surface area contributed by atoms with Crippen LogP contribution in [0.25, 0.3) is 64.0 Å². The van der Waals surface area contributed by atoms with Gasteiger partial charge in [-0.1, -0.05) is 91.0 Å². The number of rotatable bonds is 3. The van der Waals surface area contributed by atoms with Crippen LogP contribution < -0.4 is 0 Å². The quantitative estimate of drug-likeness (QED) is 0.178. The molecule has 0 aliphatic heterocycles. The summed E-state index contributed by atoms with van der Waals surface area (Å²) in [4.78, 5) is 17.1. The largest absolute Gasteiger partial charge is 0.255 e. The maximum absolute atomic E-state index is 4.46. The first kappa shape index (κ1) is 31.6. The molecular formula is C39H27IrN3S3. The van der Waals surface area contributed by atoms with Crippen molar-refractivity contribution in [1.82, 2.24) is 15.0 Å². The molecule has 3 aromatic carbocycles. The van der Waals surface area contributed by atoms with E-state index < -0.39 is 0 Å². The molecule has 0 fully saturated rings. The molecule has 225 valence electrons. The van der Waals surface area contributed by atoms with E-state index in [4.69, 9.17) is 0 Å². The van der Waals surface area contributed by atoms with E-state index in [1.807, 2.05) is 36.8 Å². The van der Waals surface area contributed by atoms with Gasteiger partial charge in [0.25, 0.3) is 0 Å². The molecule has 6 aromatic heterocycles. The summed E-state index contributed by atoms with van der Waals surface area (Å²) in [7, 11) is 0. The number of benzene rings is 3. The van der Waals surface area contributed by atoms with Crippen molar-refractivity contribution in [1.29, 1.82) is 0 Å². The number of hydrogen-bond donors (Lipinski definition) is 0. The summed E-state index contributed by atoms with van der Waals surface area (Å²) in [5, 5.41) is 13.7. The average molecular weight is 826 g/mol. The van der Waals surface area contributed by atoms with E-state index in [1.54, 1.807) is 34.0 Å². The minimum atomic E-state index is 0. The zero-order chi connectivity index (χ0) is 30.3. The first-order valence-electron chi connectivity index (χ1n) is 14.5. The molecule has 0 bridgehead atoms.